The maximum atomic E-state index is 12.9. The van der Waals surface area contributed by atoms with Gasteiger partial charge in [-0.25, -0.2) is 0 Å². The van der Waals surface area contributed by atoms with Gasteiger partial charge in [-0.3, -0.25) is 4.70 Å². The smallest absolute Gasteiger partial charge is 0.394 e. The van der Waals surface area contributed by atoms with Crippen LogP contribution < -0.4 is 10.5 Å². The standard InChI is InChI=1S/C12H13F2N3O2.FH/c1-7(15)11-16-10(17-19-11)8-5-3-4-6-9(8)18-12(2,13)14;/h3-7H,15H2,1-2H3;1H/t7-;/m0./s1. The van der Waals surface area contributed by atoms with Gasteiger partial charge in [0.05, 0.1) is 11.6 Å². The second-order valence-corrected chi connectivity index (χ2v) is 4.15. The number of halogens is 3. The number of alkyl halides is 2. The minimum Gasteiger partial charge on any atom is -0.432 e. The molecule has 0 radical (unpaired) electrons. The fourth-order valence-corrected chi connectivity index (χ4v) is 1.46. The van der Waals surface area contributed by atoms with E-state index in [0.717, 1.165) is 0 Å². The van der Waals surface area contributed by atoms with Gasteiger partial charge in [-0.1, -0.05) is 17.3 Å². The van der Waals surface area contributed by atoms with Crippen LogP contribution in [0.4, 0.5) is 13.5 Å². The van der Waals surface area contributed by atoms with Crippen LogP contribution in [0.3, 0.4) is 0 Å². The minimum absolute atomic E-state index is 0. The average Bonchev–Trinajstić information content (AvgIpc) is 2.76. The van der Waals surface area contributed by atoms with Crippen molar-refractivity contribution in [3.05, 3.63) is 30.2 Å². The maximum Gasteiger partial charge on any atom is 0.394 e. The number of ether oxygens (including phenoxy) is 1. The van der Waals surface area contributed by atoms with Crippen LogP contribution in [0, 0.1) is 0 Å². The zero-order valence-corrected chi connectivity index (χ0v) is 10.8. The van der Waals surface area contributed by atoms with E-state index in [-0.39, 0.29) is 22.2 Å². The second kappa shape index (κ2) is 5.91. The van der Waals surface area contributed by atoms with Gasteiger partial charge in [0.2, 0.25) is 11.7 Å². The average molecular weight is 289 g/mol. The molecule has 2 aromatic rings. The van der Waals surface area contributed by atoms with Crippen molar-refractivity contribution in [2.75, 3.05) is 0 Å². The van der Waals surface area contributed by atoms with Gasteiger partial charge >= 0.3 is 6.11 Å². The summed E-state index contributed by atoms with van der Waals surface area (Å²) in [6.07, 6.45) is -3.29. The first-order valence-electron chi connectivity index (χ1n) is 5.62. The molecule has 0 amide bonds. The lowest BCUT2D eigenvalue weighted by molar-refractivity contribution is -0.158. The normalized spacial score (nSPS) is 12.7. The van der Waals surface area contributed by atoms with Crippen molar-refractivity contribution in [1.29, 1.82) is 0 Å². The molecule has 2 rings (SSSR count). The highest BCUT2D eigenvalue weighted by Gasteiger charge is 2.26. The number of nitrogens with two attached hydrogens (primary N) is 1. The van der Waals surface area contributed by atoms with Crippen LogP contribution in [0.25, 0.3) is 11.4 Å². The van der Waals surface area contributed by atoms with Gasteiger partial charge < -0.3 is 15.0 Å². The molecule has 1 heterocycles. The van der Waals surface area contributed by atoms with Crippen LogP contribution in [0.15, 0.2) is 28.8 Å². The van der Waals surface area contributed by atoms with Gasteiger partial charge in [0.25, 0.3) is 0 Å². The van der Waals surface area contributed by atoms with E-state index in [2.05, 4.69) is 14.9 Å². The van der Waals surface area contributed by atoms with Crippen LogP contribution in [0.5, 0.6) is 5.75 Å². The van der Waals surface area contributed by atoms with Crippen LogP contribution >= 0.6 is 0 Å². The third-order valence-electron chi connectivity index (χ3n) is 2.25. The Labute approximate surface area is 113 Å². The largest absolute Gasteiger partial charge is 0.432 e. The molecule has 0 aliphatic heterocycles. The number of benzene rings is 1. The Bertz CT molecular complexity index is 567. The number of rotatable bonds is 4. The van der Waals surface area contributed by atoms with E-state index < -0.39 is 12.2 Å². The molecule has 0 fully saturated rings. The topological polar surface area (TPSA) is 74.2 Å². The lowest BCUT2D eigenvalue weighted by Gasteiger charge is -2.14. The zero-order chi connectivity index (χ0) is 14.0. The maximum absolute atomic E-state index is 12.9. The molecule has 1 atom stereocenters. The van der Waals surface area contributed by atoms with E-state index in [1.165, 1.54) is 6.07 Å². The molecule has 0 unspecified atom stereocenters. The van der Waals surface area contributed by atoms with Crippen LogP contribution in [-0.4, -0.2) is 16.2 Å². The van der Waals surface area contributed by atoms with Gasteiger partial charge in [0.15, 0.2) is 0 Å². The summed E-state index contributed by atoms with van der Waals surface area (Å²) < 4.78 is 35.4. The molecule has 0 aliphatic carbocycles. The van der Waals surface area contributed by atoms with Crippen molar-refractivity contribution in [2.24, 2.45) is 5.73 Å². The molecule has 0 spiro atoms. The summed E-state index contributed by atoms with van der Waals surface area (Å²) in [5, 5.41) is 3.71. The first-order valence-corrected chi connectivity index (χ1v) is 5.62. The molecule has 2 N–H and O–H groups in total. The van der Waals surface area contributed by atoms with E-state index in [4.69, 9.17) is 10.3 Å². The van der Waals surface area contributed by atoms with Crippen molar-refractivity contribution in [3.63, 3.8) is 0 Å². The summed E-state index contributed by atoms with van der Waals surface area (Å²) in [4.78, 5) is 4.04. The number of nitrogens with zero attached hydrogens (tertiary/aromatic N) is 2. The Balaban J connectivity index is 0.00000200. The minimum atomic E-state index is -3.29. The molecular weight excluding hydrogens is 275 g/mol. The quantitative estimate of drug-likeness (QED) is 0.936. The molecule has 0 bridgehead atoms. The van der Waals surface area contributed by atoms with Gasteiger partial charge in [0, 0.05) is 6.92 Å². The van der Waals surface area contributed by atoms with E-state index in [1.807, 2.05) is 0 Å². The first-order chi connectivity index (χ1) is 8.87. The summed E-state index contributed by atoms with van der Waals surface area (Å²) in [6, 6.07) is 5.79. The molecule has 20 heavy (non-hydrogen) atoms. The summed E-state index contributed by atoms with van der Waals surface area (Å²) in [5.41, 5.74) is 5.92. The third kappa shape index (κ3) is 3.70. The molecule has 0 aliphatic rings. The number of aromatic nitrogens is 2. The van der Waals surface area contributed by atoms with Crippen LogP contribution in [-0.2, 0) is 0 Å². The van der Waals surface area contributed by atoms with Gasteiger partial charge in [-0.15, -0.1) is 0 Å². The molecule has 1 aromatic carbocycles. The van der Waals surface area contributed by atoms with Crippen LogP contribution in [0.1, 0.15) is 25.8 Å². The lowest BCUT2D eigenvalue weighted by Crippen LogP contribution is -2.19. The molecule has 5 nitrogen and oxygen atoms in total. The van der Waals surface area contributed by atoms with Crippen molar-refractivity contribution in [2.45, 2.75) is 26.0 Å². The van der Waals surface area contributed by atoms with E-state index in [1.54, 1.807) is 25.1 Å². The van der Waals surface area contributed by atoms with Gasteiger partial charge in [0.1, 0.15) is 5.75 Å². The van der Waals surface area contributed by atoms with E-state index in [9.17, 15) is 8.78 Å². The SMILES string of the molecule is C[C@H](N)c1nc(-c2ccccc2OC(C)(F)F)no1.F. The summed E-state index contributed by atoms with van der Waals surface area (Å²) in [5.74, 6) is 0.368. The van der Waals surface area contributed by atoms with Gasteiger partial charge in [-0.2, -0.15) is 13.8 Å². The van der Waals surface area contributed by atoms with Crippen LogP contribution in [0.2, 0.25) is 0 Å². The third-order valence-corrected chi connectivity index (χ3v) is 2.25. The Morgan fingerprint density at radius 3 is 2.55 bits per heavy atom. The Kier molecular flexibility index (Phi) is 4.72. The summed E-state index contributed by atoms with van der Waals surface area (Å²) >= 11 is 0. The second-order valence-electron chi connectivity index (χ2n) is 4.15. The summed E-state index contributed by atoms with van der Waals surface area (Å²) in [7, 11) is 0. The fourth-order valence-electron chi connectivity index (χ4n) is 1.46. The van der Waals surface area contributed by atoms with E-state index >= 15 is 0 Å². The molecule has 1 aromatic heterocycles. The highest BCUT2D eigenvalue weighted by Crippen LogP contribution is 2.31. The van der Waals surface area contributed by atoms with Gasteiger partial charge in [-0.05, 0) is 19.1 Å². The Hall–Kier alpha value is -2.09. The number of hydrogen-bond acceptors (Lipinski definition) is 5. The highest BCUT2D eigenvalue weighted by atomic mass is 19.3. The summed E-state index contributed by atoms with van der Waals surface area (Å²) in [6.45, 7) is 2.34. The molecule has 0 saturated heterocycles. The number of para-hydroxylation sites is 1. The first kappa shape index (κ1) is 16.0. The highest BCUT2D eigenvalue weighted by molar-refractivity contribution is 5.63. The molecule has 0 saturated carbocycles. The van der Waals surface area contributed by atoms with Crippen molar-refractivity contribution < 1.29 is 22.7 Å². The zero-order valence-electron chi connectivity index (χ0n) is 10.8. The van der Waals surface area contributed by atoms with E-state index in [0.29, 0.717) is 12.5 Å². The molecular formula is C12H14F3N3O2. The molecule has 110 valence electrons. The monoisotopic (exact) mass is 289 g/mol. The number of hydrogen-bond donors (Lipinski definition) is 1. The fraction of sp³-hybridized carbons (Fsp3) is 0.333. The predicted octanol–water partition coefficient (Wildman–Crippen LogP) is 2.90. The van der Waals surface area contributed by atoms with Crippen molar-refractivity contribution >= 4 is 0 Å². The lowest BCUT2D eigenvalue weighted by atomic mass is 10.2. The van der Waals surface area contributed by atoms with Crippen molar-refractivity contribution in [1.82, 2.24) is 10.1 Å². The molecule has 8 heteroatoms. The Morgan fingerprint density at radius 1 is 1.35 bits per heavy atom. The Morgan fingerprint density at radius 2 is 2.00 bits per heavy atom. The predicted molar refractivity (Wildman–Crippen MR) is 66.1 cm³/mol. The van der Waals surface area contributed by atoms with Crippen molar-refractivity contribution in [3.8, 4) is 17.1 Å².